The molecule has 1 aromatic rings. The number of hydrogen-bond acceptors (Lipinski definition) is 4. The van der Waals surface area contributed by atoms with Crippen molar-refractivity contribution in [2.24, 2.45) is 0 Å². The van der Waals surface area contributed by atoms with E-state index < -0.39 is 0 Å². The molecule has 0 bridgehead atoms. The zero-order valence-electron chi connectivity index (χ0n) is 11.6. The van der Waals surface area contributed by atoms with Gasteiger partial charge >= 0.3 is 5.97 Å². The Morgan fingerprint density at radius 2 is 1.95 bits per heavy atom. The maximum atomic E-state index is 12.1. The normalized spacial score (nSPS) is 19.1. The maximum Gasteiger partial charge on any atom is 0.327 e. The molecule has 1 N–H and O–H groups in total. The van der Waals surface area contributed by atoms with Crippen molar-refractivity contribution in [1.82, 2.24) is 10.2 Å². The summed E-state index contributed by atoms with van der Waals surface area (Å²) in [7, 11) is 3.45. The van der Waals surface area contributed by atoms with E-state index in [4.69, 9.17) is 4.74 Å². The SMILES string of the molecule is CNC1CCN(C(C(=O)OC)c2ccccc2)CC1. The first-order valence-electron chi connectivity index (χ1n) is 6.80. The van der Waals surface area contributed by atoms with Crippen LogP contribution in [0.4, 0.5) is 0 Å². The minimum absolute atomic E-state index is 0.172. The van der Waals surface area contributed by atoms with Crippen LogP contribution in [0.1, 0.15) is 24.4 Å². The van der Waals surface area contributed by atoms with Crippen molar-refractivity contribution in [3.63, 3.8) is 0 Å². The molecule has 1 heterocycles. The predicted octanol–water partition coefficient (Wildman–Crippen LogP) is 1.58. The van der Waals surface area contributed by atoms with E-state index in [9.17, 15) is 4.79 Å². The van der Waals surface area contributed by atoms with Crippen LogP contribution < -0.4 is 5.32 Å². The Labute approximate surface area is 114 Å². The van der Waals surface area contributed by atoms with E-state index in [1.165, 1.54) is 7.11 Å². The Morgan fingerprint density at radius 3 is 2.47 bits per heavy atom. The summed E-state index contributed by atoms with van der Waals surface area (Å²) in [5.74, 6) is -0.172. The summed E-state index contributed by atoms with van der Waals surface area (Å²) < 4.78 is 4.98. The van der Waals surface area contributed by atoms with Crippen LogP contribution in [-0.4, -0.2) is 44.2 Å². The Balaban J connectivity index is 2.13. The molecule has 4 heteroatoms. The van der Waals surface area contributed by atoms with Gasteiger partial charge < -0.3 is 10.1 Å². The average molecular weight is 262 g/mol. The topological polar surface area (TPSA) is 41.6 Å². The van der Waals surface area contributed by atoms with Gasteiger partial charge in [0.1, 0.15) is 6.04 Å². The number of carbonyl (C=O) groups excluding carboxylic acids is 1. The minimum Gasteiger partial charge on any atom is -0.468 e. The Morgan fingerprint density at radius 1 is 1.32 bits per heavy atom. The van der Waals surface area contributed by atoms with Gasteiger partial charge in [-0.05, 0) is 25.5 Å². The number of nitrogens with one attached hydrogen (secondary N) is 1. The van der Waals surface area contributed by atoms with Crippen LogP contribution in [0.15, 0.2) is 30.3 Å². The van der Waals surface area contributed by atoms with Crippen molar-refractivity contribution in [3.8, 4) is 0 Å². The molecule has 1 saturated heterocycles. The molecule has 0 aliphatic carbocycles. The highest BCUT2D eigenvalue weighted by molar-refractivity contribution is 5.77. The van der Waals surface area contributed by atoms with Crippen molar-refractivity contribution in [1.29, 1.82) is 0 Å². The van der Waals surface area contributed by atoms with Crippen LogP contribution >= 0.6 is 0 Å². The van der Waals surface area contributed by atoms with E-state index in [0.29, 0.717) is 6.04 Å². The van der Waals surface area contributed by atoms with Crippen molar-refractivity contribution in [3.05, 3.63) is 35.9 Å². The third-order valence-corrected chi connectivity index (χ3v) is 3.84. The van der Waals surface area contributed by atoms with Gasteiger partial charge in [0, 0.05) is 19.1 Å². The summed E-state index contributed by atoms with van der Waals surface area (Å²) in [6.07, 6.45) is 2.13. The van der Waals surface area contributed by atoms with E-state index >= 15 is 0 Å². The zero-order valence-corrected chi connectivity index (χ0v) is 11.6. The summed E-state index contributed by atoms with van der Waals surface area (Å²) in [6, 6.07) is 10.2. The predicted molar refractivity (Wildman–Crippen MR) is 74.9 cm³/mol. The van der Waals surface area contributed by atoms with Gasteiger partial charge in [-0.1, -0.05) is 30.3 Å². The third kappa shape index (κ3) is 3.33. The first-order chi connectivity index (χ1) is 9.26. The van der Waals surface area contributed by atoms with Crippen LogP contribution in [0.25, 0.3) is 0 Å². The lowest BCUT2D eigenvalue weighted by Crippen LogP contribution is -2.45. The second-order valence-electron chi connectivity index (χ2n) is 4.94. The fraction of sp³-hybridized carbons (Fsp3) is 0.533. The van der Waals surface area contributed by atoms with Crippen molar-refractivity contribution >= 4 is 5.97 Å². The van der Waals surface area contributed by atoms with Gasteiger partial charge in [0.05, 0.1) is 7.11 Å². The van der Waals surface area contributed by atoms with Crippen LogP contribution in [-0.2, 0) is 9.53 Å². The average Bonchev–Trinajstić information content (AvgIpc) is 2.49. The van der Waals surface area contributed by atoms with Crippen LogP contribution in [0, 0.1) is 0 Å². The molecule has 0 spiro atoms. The van der Waals surface area contributed by atoms with Crippen LogP contribution in [0.3, 0.4) is 0 Å². The maximum absolute atomic E-state index is 12.1. The lowest BCUT2D eigenvalue weighted by molar-refractivity contribution is -0.147. The van der Waals surface area contributed by atoms with Gasteiger partial charge in [-0.25, -0.2) is 4.79 Å². The van der Waals surface area contributed by atoms with Gasteiger partial charge in [-0.2, -0.15) is 0 Å². The van der Waals surface area contributed by atoms with Gasteiger partial charge in [0.15, 0.2) is 0 Å². The molecule has 1 aromatic carbocycles. The van der Waals surface area contributed by atoms with Gasteiger partial charge in [-0.15, -0.1) is 0 Å². The lowest BCUT2D eigenvalue weighted by Gasteiger charge is -2.36. The molecule has 0 saturated carbocycles. The molecule has 19 heavy (non-hydrogen) atoms. The Hall–Kier alpha value is -1.39. The molecule has 0 aromatic heterocycles. The van der Waals surface area contributed by atoms with Crippen LogP contribution in [0.2, 0.25) is 0 Å². The largest absolute Gasteiger partial charge is 0.468 e. The molecule has 1 aliphatic rings. The lowest BCUT2D eigenvalue weighted by atomic mass is 9.99. The standard InChI is InChI=1S/C15H22N2O2/c1-16-13-8-10-17(11-9-13)14(15(18)19-2)12-6-4-3-5-7-12/h3-7,13-14,16H,8-11H2,1-2H3. The minimum atomic E-state index is -0.274. The number of carbonyl (C=O) groups is 1. The summed E-state index contributed by atoms with van der Waals surface area (Å²) in [5.41, 5.74) is 1.01. The molecule has 1 fully saturated rings. The second-order valence-corrected chi connectivity index (χ2v) is 4.94. The number of benzene rings is 1. The van der Waals surface area contributed by atoms with E-state index in [0.717, 1.165) is 31.5 Å². The van der Waals surface area contributed by atoms with E-state index in [1.807, 2.05) is 37.4 Å². The highest BCUT2D eigenvalue weighted by Crippen LogP contribution is 2.25. The molecule has 2 rings (SSSR count). The van der Waals surface area contributed by atoms with Crippen LogP contribution in [0.5, 0.6) is 0 Å². The van der Waals surface area contributed by atoms with Gasteiger partial charge in [-0.3, -0.25) is 4.90 Å². The van der Waals surface area contributed by atoms with E-state index in [2.05, 4.69) is 10.2 Å². The fourth-order valence-corrected chi connectivity index (χ4v) is 2.69. The zero-order chi connectivity index (χ0) is 13.7. The fourth-order valence-electron chi connectivity index (χ4n) is 2.69. The molecule has 4 nitrogen and oxygen atoms in total. The molecule has 1 unspecified atom stereocenters. The van der Waals surface area contributed by atoms with E-state index in [-0.39, 0.29) is 12.0 Å². The van der Waals surface area contributed by atoms with Crippen molar-refractivity contribution in [2.75, 3.05) is 27.2 Å². The number of piperidine rings is 1. The summed E-state index contributed by atoms with van der Waals surface area (Å²) in [6.45, 7) is 1.83. The first kappa shape index (κ1) is 14.0. The number of likely N-dealkylation sites (tertiary alicyclic amines) is 1. The Kier molecular flexibility index (Phi) is 4.93. The molecule has 0 radical (unpaired) electrons. The highest BCUT2D eigenvalue weighted by atomic mass is 16.5. The summed E-state index contributed by atoms with van der Waals surface area (Å²) in [5, 5.41) is 3.30. The third-order valence-electron chi connectivity index (χ3n) is 3.84. The van der Waals surface area contributed by atoms with Gasteiger partial charge in [0.25, 0.3) is 0 Å². The molecule has 0 amide bonds. The number of ether oxygens (including phenoxy) is 1. The van der Waals surface area contributed by atoms with Crippen molar-refractivity contribution < 1.29 is 9.53 Å². The number of methoxy groups -OCH3 is 1. The molecule has 1 aliphatic heterocycles. The molecule has 104 valence electrons. The monoisotopic (exact) mass is 262 g/mol. The second kappa shape index (κ2) is 6.68. The highest BCUT2D eigenvalue weighted by Gasteiger charge is 2.31. The number of nitrogens with zero attached hydrogens (tertiary/aromatic N) is 1. The number of esters is 1. The smallest absolute Gasteiger partial charge is 0.327 e. The first-order valence-corrected chi connectivity index (χ1v) is 6.80. The van der Waals surface area contributed by atoms with E-state index in [1.54, 1.807) is 0 Å². The molecule has 1 atom stereocenters. The van der Waals surface area contributed by atoms with Crippen molar-refractivity contribution in [2.45, 2.75) is 24.9 Å². The Bertz CT molecular complexity index is 400. The molecular formula is C15H22N2O2. The summed E-state index contributed by atoms with van der Waals surface area (Å²) >= 11 is 0. The number of hydrogen-bond donors (Lipinski definition) is 1. The number of rotatable bonds is 4. The quantitative estimate of drug-likeness (QED) is 0.837. The summed E-state index contributed by atoms with van der Waals surface area (Å²) in [4.78, 5) is 14.3. The molecular weight excluding hydrogens is 240 g/mol. The van der Waals surface area contributed by atoms with Gasteiger partial charge in [0.2, 0.25) is 0 Å².